The van der Waals surface area contributed by atoms with Crippen molar-refractivity contribution in [2.75, 3.05) is 4.90 Å². The van der Waals surface area contributed by atoms with Gasteiger partial charge in [0.25, 0.3) is 0 Å². The van der Waals surface area contributed by atoms with Gasteiger partial charge in [0.1, 0.15) is 0 Å². The monoisotopic (exact) mass is 349 g/mol. The van der Waals surface area contributed by atoms with Crippen molar-refractivity contribution in [3.63, 3.8) is 0 Å². The minimum atomic E-state index is 1.16. The highest BCUT2D eigenvalue weighted by molar-refractivity contribution is 5.78. The molecule has 1 nitrogen and oxygen atoms in total. The Morgan fingerprint density at radius 1 is 0.444 bits per heavy atom. The van der Waals surface area contributed by atoms with Crippen LogP contribution in [0.15, 0.2) is 103 Å². The molecule has 4 aromatic rings. The van der Waals surface area contributed by atoms with Crippen LogP contribution in [0.1, 0.15) is 11.1 Å². The summed E-state index contributed by atoms with van der Waals surface area (Å²) in [7, 11) is 0. The first kappa shape index (κ1) is 17.1. The second-order valence-corrected chi connectivity index (χ2v) is 6.92. The second-order valence-electron chi connectivity index (χ2n) is 6.92. The maximum absolute atomic E-state index is 2.30. The van der Waals surface area contributed by atoms with Gasteiger partial charge in [0, 0.05) is 17.1 Å². The first-order valence-corrected chi connectivity index (χ1v) is 9.30. The van der Waals surface area contributed by atoms with Crippen LogP contribution >= 0.6 is 0 Å². The van der Waals surface area contributed by atoms with E-state index in [0.717, 1.165) is 11.4 Å². The molecule has 0 aromatic heterocycles. The molecule has 132 valence electrons. The molecule has 0 fully saturated rings. The summed E-state index contributed by atoms with van der Waals surface area (Å²) in [5.74, 6) is 0. The lowest BCUT2D eigenvalue weighted by molar-refractivity contribution is 1.27. The van der Waals surface area contributed by atoms with Crippen molar-refractivity contribution in [3.8, 4) is 11.1 Å². The lowest BCUT2D eigenvalue weighted by Gasteiger charge is -2.26. The third kappa shape index (κ3) is 3.78. The van der Waals surface area contributed by atoms with Gasteiger partial charge in [-0.25, -0.2) is 0 Å². The van der Waals surface area contributed by atoms with Crippen LogP contribution in [0, 0.1) is 13.8 Å². The SMILES string of the molecule is Cc1ccc(-c2ccc(N(c3ccccc3)c3cccc(C)c3)cc2)cc1. The molecule has 0 saturated carbocycles. The molecule has 0 bridgehead atoms. The molecule has 0 radical (unpaired) electrons. The molecule has 0 aliphatic carbocycles. The average molecular weight is 349 g/mol. The van der Waals surface area contributed by atoms with Crippen molar-refractivity contribution in [3.05, 3.63) is 114 Å². The summed E-state index contributed by atoms with van der Waals surface area (Å²) < 4.78 is 0. The van der Waals surface area contributed by atoms with Gasteiger partial charge in [0.2, 0.25) is 0 Å². The van der Waals surface area contributed by atoms with Crippen LogP contribution in [-0.2, 0) is 0 Å². The van der Waals surface area contributed by atoms with Crippen LogP contribution in [-0.4, -0.2) is 0 Å². The molecule has 0 aliphatic rings. The Hall–Kier alpha value is -3.32. The van der Waals surface area contributed by atoms with E-state index in [9.17, 15) is 0 Å². The number of rotatable bonds is 4. The molecule has 0 N–H and O–H groups in total. The fourth-order valence-electron chi connectivity index (χ4n) is 3.34. The van der Waals surface area contributed by atoms with E-state index in [-0.39, 0.29) is 0 Å². The lowest BCUT2D eigenvalue weighted by atomic mass is 10.0. The normalized spacial score (nSPS) is 10.6. The van der Waals surface area contributed by atoms with Gasteiger partial charge in [-0.3, -0.25) is 0 Å². The summed E-state index contributed by atoms with van der Waals surface area (Å²) in [5, 5.41) is 0. The van der Waals surface area contributed by atoms with E-state index in [1.165, 1.54) is 27.9 Å². The zero-order valence-corrected chi connectivity index (χ0v) is 15.8. The predicted molar refractivity (Wildman–Crippen MR) is 116 cm³/mol. The third-order valence-corrected chi connectivity index (χ3v) is 4.78. The van der Waals surface area contributed by atoms with Crippen molar-refractivity contribution >= 4 is 17.1 Å². The van der Waals surface area contributed by atoms with Gasteiger partial charge in [-0.1, -0.05) is 72.3 Å². The molecule has 0 saturated heterocycles. The van der Waals surface area contributed by atoms with E-state index in [0.29, 0.717) is 0 Å². The smallest absolute Gasteiger partial charge is 0.0464 e. The highest BCUT2D eigenvalue weighted by atomic mass is 15.1. The molecule has 1 heteroatoms. The molecule has 0 heterocycles. The summed E-state index contributed by atoms with van der Waals surface area (Å²) in [4.78, 5) is 2.30. The highest BCUT2D eigenvalue weighted by Crippen LogP contribution is 2.35. The Balaban J connectivity index is 1.75. The van der Waals surface area contributed by atoms with Gasteiger partial charge < -0.3 is 4.90 Å². The number of aryl methyl sites for hydroxylation is 2. The predicted octanol–water partition coefficient (Wildman–Crippen LogP) is 7.44. The van der Waals surface area contributed by atoms with Crippen molar-refractivity contribution in [2.24, 2.45) is 0 Å². The lowest BCUT2D eigenvalue weighted by Crippen LogP contribution is -2.09. The molecular weight excluding hydrogens is 326 g/mol. The maximum Gasteiger partial charge on any atom is 0.0464 e. The molecule has 0 aliphatic heterocycles. The van der Waals surface area contributed by atoms with Gasteiger partial charge >= 0.3 is 0 Å². The Kier molecular flexibility index (Phi) is 4.76. The van der Waals surface area contributed by atoms with Crippen LogP contribution < -0.4 is 4.90 Å². The first-order chi connectivity index (χ1) is 13.2. The van der Waals surface area contributed by atoms with E-state index in [1.807, 2.05) is 0 Å². The number of nitrogens with zero attached hydrogens (tertiary/aromatic N) is 1. The molecule has 0 amide bonds. The fourth-order valence-corrected chi connectivity index (χ4v) is 3.34. The van der Waals surface area contributed by atoms with Crippen molar-refractivity contribution < 1.29 is 0 Å². The molecule has 4 rings (SSSR count). The van der Waals surface area contributed by atoms with Gasteiger partial charge in [0.15, 0.2) is 0 Å². The van der Waals surface area contributed by atoms with Crippen LogP contribution in [0.4, 0.5) is 17.1 Å². The third-order valence-electron chi connectivity index (χ3n) is 4.78. The van der Waals surface area contributed by atoms with E-state index < -0.39 is 0 Å². The number of para-hydroxylation sites is 1. The zero-order valence-electron chi connectivity index (χ0n) is 15.8. The number of hydrogen-bond acceptors (Lipinski definition) is 1. The Morgan fingerprint density at radius 3 is 1.63 bits per heavy atom. The van der Waals surface area contributed by atoms with E-state index in [4.69, 9.17) is 0 Å². The Bertz CT molecular complexity index is 1020. The van der Waals surface area contributed by atoms with Crippen molar-refractivity contribution in [2.45, 2.75) is 13.8 Å². The quantitative estimate of drug-likeness (QED) is 0.370. The summed E-state index contributed by atoms with van der Waals surface area (Å²) in [5.41, 5.74) is 8.50. The number of benzene rings is 4. The fraction of sp³-hybridized carbons (Fsp3) is 0.0769. The van der Waals surface area contributed by atoms with Crippen molar-refractivity contribution in [1.82, 2.24) is 0 Å². The Morgan fingerprint density at radius 2 is 1.00 bits per heavy atom. The average Bonchev–Trinajstić information content (AvgIpc) is 2.70. The molecule has 27 heavy (non-hydrogen) atoms. The second kappa shape index (κ2) is 7.51. The van der Waals surface area contributed by atoms with Gasteiger partial charge in [-0.15, -0.1) is 0 Å². The van der Waals surface area contributed by atoms with Crippen LogP contribution in [0.5, 0.6) is 0 Å². The molecule has 4 aromatic carbocycles. The van der Waals surface area contributed by atoms with E-state index >= 15 is 0 Å². The summed E-state index contributed by atoms with van der Waals surface area (Å²) in [6.07, 6.45) is 0. The molecule has 0 spiro atoms. The molecular formula is C26H23N. The van der Waals surface area contributed by atoms with E-state index in [2.05, 4.69) is 122 Å². The summed E-state index contributed by atoms with van der Waals surface area (Å²) in [6.45, 7) is 4.25. The zero-order chi connectivity index (χ0) is 18.6. The standard InChI is InChI=1S/C26H23N/c1-20-11-13-22(14-12-20)23-15-17-25(18-16-23)27(24-8-4-3-5-9-24)26-10-6-7-21(2)19-26/h3-19H,1-2H3. The molecule has 0 atom stereocenters. The van der Waals surface area contributed by atoms with Gasteiger partial charge in [-0.05, 0) is 66.9 Å². The first-order valence-electron chi connectivity index (χ1n) is 9.30. The van der Waals surface area contributed by atoms with Gasteiger partial charge in [-0.2, -0.15) is 0 Å². The van der Waals surface area contributed by atoms with Gasteiger partial charge in [0.05, 0.1) is 0 Å². The summed E-state index contributed by atoms with van der Waals surface area (Å²) in [6, 6.07) is 36.6. The maximum atomic E-state index is 2.30. The Labute approximate surface area is 161 Å². The minimum Gasteiger partial charge on any atom is -0.310 e. The van der Waals surface area contributed by atoms with Crippen LogP contribution in [0.25, 0.3) is 11.1 Å². The van der Waals surface area contributed by atoms with Crippen LogP contribution in [0.2, 0.25) is 0 Å². The largest absolute Gasteiger partial charge is 0.310 e. The van der Waals surface area contributed by atoms with Crippen LogP contribution in [0.3, 0.4) is 0 Å². The topological polar surface area (TPSA) is 3.24 Å². The van der Waals surface area contributed by atoms with Crippen molar-refractivity contribution in [1.29, 1.82) is 0 Å². The summed E-state index contributed by atoms with van der Waals surface area (Å²) >= 11 is 0. The number of anilines is 3. The highest BCUT2D eigenvalue weighted by Gasteiger charge is 2.12. The number of hydrogen-bond donors (Lipinski definition) is 0. The minimum absolute atomic E-state index is 1.16. The molecule has 0 unspecified atom stereocenters. The van der Waals surface area contributed by atoms with E-state index in [1.54, 1.807) is 0 Å².